The van der Waals surface area contributed by atoms with Gasteiger partial charge >= 0.3 is 5.69 Å². The van der Waals surface area contributed by atoms with E-state index in [1.54, 1.807) is 36.7 Å². The number of aromatic nitrogens is 2. The average Bonchev–Trinajstić information content (AvgIpc) is 2.85. The van der Waals surface area contributed by atoms with Crippen LogP contribution < -0.4 is 16.3 Å². The molecule has 3 N–H and O–H groups in total. The van der Waals surface area contributed by atoms with Gasteiger partial charge in [0.25, 0.3) is 0 Å². The van der Waals surface area contributed by atoms with Crippen LogP contribution in [0.25, 0.3) is 5.69 Å². The van der Waals surface area contributed by atoms with Crippen molar-refractivity contribution < 1.29 is 4.79 Å². The van der Waals surface area contributed by atoms with Crippen molar-refractivity contribution in [3.63, 3.8) is 0 Å². The number of rotatable bonds is 6. The van der Waals surface area contributed by atoms with Gasteiger partial charge in [-0.3, -0.25) is 9.36 Å². The Bertz CT molecular complexity index is 640. The Morgan fingerprint density at radius 1 is 1.29 bits per heavy atom. The second kappa shape index (κ2) is 6.90. The topological polar surface area (TPSA) is 78.9 Å². The van der Waals surface area contributed by atoms with Crippen LogP contribution in [0.2, 0.25) is 0 Å². The van der Waals surface area contributed by atoms with Gasteiger partial charge in [0.15, 0.2) is 0 Å². The molecule has 0 bridgehead atoms. The van der Waals surface area contributed by atoms with Crippen molar-refractivity contribution >= 4 is 11.6 Å². The van der Waals surface area contributed by atoms with Gasteiger partial charge in [0.05, 0.1) is 5.69 Å². The lowest BCUT2D eigenvalue weighted by atomic mass is 10.2. The Kier molecular flexibility index (Phi) is 4.94. The van der Waals surface area contributed by atoms with E-state index >= 15 is 0 Å². The van der Waals surface area contributed by atoms with Gasteiger partial charge in [-0.1, -0.05) is 13.8 Å². The van der Waals surface area contributed by atoms with Crippen molar-refractivity contribution in [1.82, 2.24) is 14.9 Å². The quantitative estimate of drug-likeness (QED) is 0.753. The number of nitrogens with one attached hydrogen (secondary N) is 3. The fraction of sp³-hybridized carbons (Fsp3) is 0.333. The predicted octanol–water partition coefficient (Wildman–Crippen LogP) is 1.49. The molecular weight excluding hydrogens is 268 g/mol. The third-order valence-electron chi connectivity index (χ3n) is 2.98. The second-order valence-electron chi connectivity index (χ2n) is 5.09. The van der Waals surface area contributed by atoms with Crippen molar-refractivity contribution in [2.24, 2.45) is 0 Å². The zero-order chi connectivity index (χ0) is 15.2. The zero-order valence-electron chi connectivity index (χ0n) is 12.2. The van der Waals surface area contributed by atoms with Crippen LogP contribution in [0, 0.1) is 0 Å². The molecule has 21 heavy (non-hydrogen) atoms. The van der Waals surface area contributed by atoms with Crippen LogP contribution in [0.15, 0.2) is 41.5 Å². The summed E-state index contributed by atoms with van der Waals surface area (Å²) in [4.78, 5) is 25.8. The summed E-state index contributed by atoms with van der Waals surface area (Å²) in [7, 11) is 0. The van der Waals surface area contributed by atoms with E-state index in [9.17, 15) is 9.59 Å². The number of benzene rings is 1. The van der Waals surface area contributed by atoms with Crippen LogP contribution in [0.1, 0.15) is 20.3 Å². The molecule has 1 aromatic carbocycles. The number of nitrogens with zero attached hydrogens (tertiary/aromatic N) is 1. The van der Waals surface area contributed by atoms with Gasteiger partial charge in [-0.2, -0.15) is 0 Å². The fourth-order valence-electron chi connectivity index (χ4n) is 1.93. The Hall–Kier alpha value is -2.34. The van der Waals surface area contributed by atoms with Crippen molar-refractivity contribution in [3.05, 3.63) is 47.1 Å². The highest BCUT2D eigenvalue weighted by Gasteiger charge is 2.04. The molecule has 1 aromatic heterocycles. The molecule has 2 aromatic rings. The van der Waals surface area contributed by atoms with Gasteiger partial charge < -0.3 is 15.6 Å². The zero-order valence-corrected chi connectivity index (χ0v) is 12.2. The molecule has 0 radical (unpaired) electrons. The lowest BCUT2D eigenvalue weighted by Gasteiger charge is -2.09. The highest BCUT2D eigenvalue weighted by atomic mass is 16.2. The van der Waals surface area contributed by atoms with Gasteiger partial charge in [0, 0.05) is 37.1 Å². The number of aromatic amines is 1. The summed E-state index contributed by atoms with van der Waals surface area (Å²) in [5.74, 6) is -0.0327. The van der Waals surface area contributed by atoms with E-state index in [0.717, 1.165) is 11.4 Å². The molecule has 0 aliphatic rings. The normalized spacial score (nSPS) is 10.8. The Morgan fingerprint density at radius 2 is 2.00 bits per heavy atom. The molecule has 0 aliphatic carbocycles. The lowest BCUT2D eigenvalue weighted by molar-refractivity contribution is -0.116. The van der Waals surface area contributed by atoms with Crippen LogP contribution in [0.3, 0.4) is 0 Å². The molecule has 112 valence electrons. The first-order valence-corrected chi connectivity index (χ1v) is 6.96. The number of hydrogen-bond donors (Lipinski definition) is 3. The minimum atomic E-state index is -0.188. The molecule has 1 heterocycles. The van der Waals surface area contributed by atoms with E-state index in [4.69, 9.17) is 0 Å². The average molecular weight is 288 g/mol. The molecule has 2 rings (SSSR count). The van der Waals surface area contributed by atoms with Gasteiger partial charge in [-0.15, -0.1) is 0 Å². The molecule has 0 spiro atoms. The maximum Gasteiger partial charge on any atom is 0.330 e. The molecule has 6 nitrogen and oxygen atoms in total. The van der Waals surface area contributed by atoms with Crippen molar-refractivity contribution in [2.45, 2.75) is 26.3 Å². The molecule has 0 saturated carbocycles. The molecule has 6 heteroatoms. The number of anilines is 1. The van der Waals surface area contributed by atoms with Crippen molar-refractivity contribution in [1.29, 1.82) is 0 Å². The van der Waals surface area contributed by atoms with Crippen LogP contribution in [-0.2, 0) is 4.79 Å². The number of H-pyrrole nitrogens is 1. The fourth-order valence-corrected chi connectivity index (χ4v) is 1.93. The Balaban J connectivity index is 1.92. The second-order valence-corrected chi connectivity index (χ2v) is 5.09. The molecule has 0 unspecified atom stereocenters. The third kappa shape index (κ3) is 4.32. The summed E-state index contributed by atoms with van der Waals surface area (Å²) < 4.78 is 1.50. The first kappa shape index (κ1) is 15.1. The van der Waals surface area contributed by atoms with Gasteiger partial charge in [0.1, 0.15) is 0 Å². The summed E-state index contributed by atoms with van der Waals surface area (Å²) in [5, 5.41) is 6.02. The molecule has 0 fully saturated rings. The predicted molar refractivity (Wildman–Crippen MR) is 82.8 cm³/mol. The number of hydrogen-bond acceptors (Lipinski definition) is 3. The van der Waals surface area contributed by atoms with Crippen LogP contribution >= 0.6 is 0 Å². The summed E-state index contributed by atoms with van der Waals surface area (Å²) in [6, 6.07) is 7.51. The maximum absolute atomic E-state index is 11.8. The minimum absolute atomic E-state index is 0.0327. The summed E-state index contributed by atoms with van der Waals surface area (Å²) in [6.45, 7) is 4.74. The highest BCUT2D eigenvalue weighted by Crippen LogP contribution is 2.12. The number of amides is 1. The van der Waals surface area contributed by atoms with E-state index in [2.05, 4.69) is 15.6 Å². The first-order chi connectivity index (χ1) is 10.1. The van der Waals surface area contributed by atoms with E-state index in [1.807, 2.05) is 13.8 Å². The number of carbonyl (C=O) groups excluding carboxylic acids is 1. The summed E-state index contributed by atoms with van der Waals surface area (Å²) in [6.07, 6.45) is 3.67. The largest absolute Gasteiger partial charge is 0.330 e. The molecule has 1 amide bonds. The number of imidazole rings is 1. The SMILES string of the molecule is CC(C)NCCC(=O)Nc1ccc(-n2cc[nH]c2=O)cc1. The smallest absolute Gasteiger partial charge is 0.326 e. The molecule has 0 saturated heterocycles. The molecule has 0 atom stereocenters. The van der Waals surface area contributed by atoms with E-state index < -0.39 is 0 Å². The van der Waals surface area contributed by atoms with Gasteiger partial charge in [-0.05, 0) is 24.3 Å². The van der Waals surface area contributed by atoms with Crippen molar-refractivity contribution in [3.8, 4) is 5.69 Å². The monoisotopic (exact) mass is 288 g/mol. The Labute approximate surface area is 123 Å². The standard InChI is InChI=1S/C15H20N4O2/c1-11(2)16-8-7-14(20)18-12-3-5-13(6-4-12)19-10-9-17-15(19)21/h3-6,9-11,16H,7-8H2,1-2H3,(H,17,21)(H,18,20). The maximum atomic E-state index is 11.8. The highest BCUT2D eigenvalue weighted by molar-refractivity contribution is 5.90. The summed E-state index contributed by atoms with van der Waals surface area (Å²) >= 11 is 0. The van der Waals surface area contributed by atoms with E-state index in [1.165, 1.54) is 4.57 Å². The molecule has 0 aliphatic heterocycles. The van der Waals surface area contributed by atoms with Gasteiger partial charge in [0.2, 0.25) is 5.91 Å². The number of carbonyl (C=O) groups is 1. The van der Waals surface area contributed by atoms with Crippen LogP contribution in [0.4, 0.5) is 5.69 Å². The van der Waals surface area contributed by atoms with E-state index in [0.29, 0.717) is 19.0 Å². The lowest BCUT2D eigenvalue weighted by Crippen LogP contribution is -2.27. The van der Waals surface area contributed by atoms with E-state index in [-0.39, 0.29) is 11.6 Å². The minimum Gasteiger partial charge on any atom is -0.326 e. The first-order valence-electron chi connectivity index (χ1n) is 6.96. The van der Waals surface area contributed by atoms with Crippen LogP contribution in [-0.4, -0.2) is 28.0 Å². The van der Waals surface area contributed by atoms with Crippen LogP contribution in [0.5, 0.6) is 0 Å². The van der Waals surface area contributed by atoms with Gasteiger partial charge in [-0.25, -0.2) is 4.79 Å². The molecular formula is C15H20N4O2. The summed E-state index contributed by atoms with van der Waals surface area (Å²) in [5.41, 5.74) is 1.28. The third-order valence-corrected chi connectivity index (χ3v) is 2.98. The Morgan fingerprint density at radius 3 is 2.57 bits per heavy atom. The van der Waals surface area contributed by atoms with Crippen molar-refractivity contribution in [2.75, 3.05) is 11.9 Å².